The molecule has 0 spiro atoms. The standard InChI is InChI=1S/C12H27NS/c1-10(2)7-8-11(13-6)9-14-12(3,4)5/h10-11,13H,7-9H2,1-6H3. The lowest BCUT2D eigenvalue weighted by molar-refractivity contribution is 0.478. The van der Waals surface area contributed by atoms with E-state index in [1.54, 1.807) is 0 Å². The third kappa shape index (κ3) is 8.89. The van der Waals surface area contributed by atoms with Crippen LogP contribution in [0.1, 0.15) is 47.5 Å². The van der Waals surface area contributed by atoms with Crippen molar-refractivity contribution in [1.29, 1.82) is 0 Å². The van der Waals surface area contributed by atoms with Gasteiger partial charge in [0.1, 0.15) is 0 Å². The lowest BCUT2D eigenvalue weighted by atomic mass is 10.0. The molecule has 1 atom stereocenters. The molecule has 0 aromatic carbocycles. The molecule has 1 N–H and O–H groups in total. The molecule has 0 aliphatic rings. The molecule has 0 saturated carbocycles. The molecule has 0 heterocycles. The molecule has 0 rings (SSSR count). The van der Waals surface area contributed by atoms with Crippen LogP contribution in [0.3, 0.4) is 0 Å². The topological polar surface area (TPSA) is 12.0 Å². The van der Waals surface area contributed by atoms with Crippen LogP contribution in [0.2, 0.25) is 0 Å². The Labute approximate surface area is 94.4 Å². The molecule has 0 saturated heterocycles. The second-order valence-corrected chi connectivity index (χ2v) is 7.23. The van der Waals surface area contributed by atoms with Gasteiger partial charge in [-0.15, -0.1) is 0 Å². The minimum atomic E-state index is 0.396. The molecule has 0 aromatic rings. The van der Waals surface area contributed by atoms with Crippen LogP contribution in [0.15, 0.2) is 0 Å². The maximum Gasteiger partial charge on any atom is 0.0155 e. The van der Waals surface area contributed by atoms with E-state index in [0.29, 0.717) is 10.8 Å². The van der Waals surface area contributed by atoms with Gasteiger partial charge in [0.25, 0.3) is 0 Å². The summed E-state index contributed by atoms with van der Waals surface area (Å²) in [5, 5.41) is 3.41. The Kier molecular flexibility index (Phi) is 6.88. The minimum Gasteiger partial charge on any atom is -0.316 e. The predicted molar refractivity (Wildman–Crippen MR) is 69.1 cm³/mol. The van der Waals surface area contributed by atoms with Gasteiger partial charge < -0.3 is 5.32 Å². The van der Waals surface area contributed by atoms with Crippen LogP contribution >= 0.6 is 11.8 Å². The zero-order valence-corrected chi connectivity index (χ0v) is 11.5. The second kappa shape index (κ2) is 6.73. The fourth-order valence-corrected chi connectivity index (χ4v) is 2.23. The number of hydrogen-bond acceptors (Lipinski definition) is 2. The van der Waals surface area contributed by atoms with E-state index in [1.807, 2.05) is 0 Å². The highest BCUT2D eigenvalue weighted by Crippen LogP contribution is 2.24. The summed E-state index contributed by atoms with van der Waals surface area (Å²) in [6.07, 6.45) is 2.63. The highest BCUT2D eigenvalue weighted by molar-refractivity contribution is 8.00. The van der Waals surface area contributed by atoms with Gasteiger partial charge in [0.2, 0.25) is 0 Å². The maximum absolute atomic E-state index is 3.41. The Bertz CT molecular complexity index is 138. The van der Waals surface area contributed by atoms with Crippen LogP contribution in [0.25, 0.3) is 0 Å². The van der Waals surface area contributed by atoms with E-state index in [-0.39, 0.29) is 0 Å². The zero-order valence-electron chi connectivity index (χ0n) is 10.7. The van der Waals surface area contributed by atoms with Crippen molar-refractivity contribution in [3.63, 3.8) is 0 Å². The Morgan fingerprint density at radius 1 is 1.14 bits per heavy atom. The zero-order chi connectivity index (χ0) is 11.2. The molecule has 0 radical (unpaired) electrons. The van der Waals surface area contributed by atoms with Crippen LogP contribution in [0, 0.1) is 5.92 Å². The maximum atomic E-state index is 3.41. The fraction of sp³-hybridized carbons (Fsp3) is 1.00. The lowest BCUT2D eigenvalue weighted by Crippen LogP contribution is -2.29. The van der Waals surface area contributed by atoms with Gasteiger partial charge in [-0.25, -0.2) is 0 Å². The van der Waals surface area contributed by atoms with Gasteiger partial charge in [-0.3, -0.25) is 0 Å². The average Bonchev–Trinajstić information content (AvgIpc) is 2.02. The molecule has 86 valence electrons. The van der Waals surface area contributed by atoms with Crippen LogP contribution in [-0.4, -0.2) is 23.6 Å². The van der Waals surface area contributed by atoms with Crippen LogP contribution < -0.4 is 5.32 Å². The molecule has 1 unspecified atom stereocenters. The van der Waals surface area contributed by atoms with E-state index >= 15 is 0 Å². The van der Waals surface area contributed by atoms with E-state index < -0.39 is 0 Å². The van der Waals surface area contributed by atoms with E-state index in [2.05, 4.69) is 58.7 Å². The summed E-state index contributed by atoms with van der Waals surface area (Å²) in [4.78, 5) is 0. The Balaban J connectivity index is 3.69. The highest BCUT2D eigenvalue weighted by atomic mass is 32.2. The van der Waals surface area contributed by atoms with Crippen molar-refractivity contribution < 1.29 is 0 Å². The SMILES string of the molecule is CNC(CCC(C)C)CSC(C)(C)C. The predicted octanol–water partition coefficient (Wildman–Crippen LogP) is 3.54. The Hall–Kier alpha value is 0.310. The van der Waals surface area contributed by atoms with Gasteiger partial charge in [0, 0.05) is 16.5 Å². The number of rotatable bonds is 6. The Morgan fingerprint density at radius 3 is 2.07 bits per heavy atom. The summed E-state index contributed by atoms with van der Waals surface area (Å²) >= 11 is 2.06. The summed E-state index contributed by atoms with van der Waals surface area (Å²) in [5.41, 5.74) is 0. The third-order valence-corrected chi connectivity index (χ3v) is 3.65. The Morgan fingerprint density at radius 2 is 1.71 bits per heavy atom. The summed E-state index contributed by atoms with van der Waals surface area (Å²) in [6.45, 7) is 11.4. The fourth-order valence-electron chi connectivity index (χ4n) is 1.20. The first-order valence-electron chi connectivity index (χ1n) is 5.66. The van der Waals surface area contributed by atoms with Crippen molar-refractivity contribution in [2.75, 3.05) is 12.8 Å². The van der Waals surface area contributed by atoms with Crippen molar-refractivity contribution in [3.8, 4) is 0 Å². The molecule has 0 fully saturated rings. The van der Waals surface area contributed by atoms with E-state index in [1.165, 1.54) is 18.6 Å². The van der Waals surface area contributed by atoms with Crippen LogP contribution in [-0.2, 0) is 0 Å². The molecule has 0 amide bonds. The van der Waals surface area contributed by atoms with E-state index in [0.717, 1.165) is 5.92 Å². The van der Waals surface area contributed by atoms with Crippen molar-refractivity contribution >= 4 is 11.8 Å². The van der Waals surface area contributed by atoms with Crippen LogP contribution in [0.5, 0.6) is 0 Å². The van der Waals surface area contributed by atoms with Crippen molar-refractivity contribution in [2.45, 2.75) is 58.2 Å². The molecular formula is C12H27NS. The molecular weight excluding hydrogens is 190 g/mol. The van der Waals surface area contributed by atoms with Gasteiger partial charge in [-0.1, -0.05) is 34.6 Å². The minimum absolute atomic E-state index is 0.396. The molecule has 1 nitrogen and oxygen atoms in total. The molecule has 0 bridgehead atoms. The normalized spacial score (nSPS) is 14.8. The van der Waals surface area contributed by atoms with Gasteiger partial charge in [-0.05, 0) is 25.8 Å². The number of nitrogens with one attached hydrogen (secondary N) is 1. The van der Waals surface area contributed by atoms with Gasteiger partial charge >= 0.3 is 0 Å². The molecule has 0 aromatic heterocycles. The van der Waals surface area contributed by atoms with Crippen LogP contribution in [0.4, 0.5) is 0 Å². The van der Waals surface area contributed by atoms with Crippen molar-refractivity contribution in [2.24, 2.45) is 5.92 Å². The average molecular weight is 217 g/mol. The van der Waals surface area contributed by atoms with Crippen molar-refractivity contribution in [3.05, 3.63) is 0 Å². The first kappa shape index (κ1) is 14.3. The summed E-state index contributed by atoms with van der Waals surface area (Å²) in [6, 6.07) is 0.682. The second-order valence-electron chi connectivity index (χ2n) is 5.38. The molecule has 2 heteroatoms. The lowest BCUT2D eigenvalue weighted by Gasteiger charge is -2.23. The summed E-state index contributed by atoms with van der Waals surface area (Å²) in [7, 11) is 2.08. The molecule has 14 heavy (non-hydrogen) atoms. The quantitative estimate of drug-likeness (QED) is 0.730. The van der Waals surface area contributed by atoms with Gasteiger partial charge in [0.05, 0.1) is 0 Å². The summed E-state index contributed by atoms with van der Waals surface area (Å²) in [5.74, 6) is 2.05. The first-order chi connectivity index (χ1) is 6.35. The van der Waals surface area contributed by atoms with E-state index in [4.69, 9.17) is 0 Å². The monoisotopic (exact) mass is 217 g/mol. The van der Waals surface area contributed by atoms with Crippen molar-refractivity contribution in [1.82, 2.24) is 5.32 Å². The number of thioether (sulfide) groups is 1. The smallest absolute Gasteiger partial charge is 0.0155 e. The van der Waals surface area contributed by atoms with E-state index in [9.17, 15) is 0 Å². The molecule has 0 aliphatic carbocycles. The van der Waals surface area contributed by atoms with Gasteiger partial charge in [-0.2, -0.15) is 11.8 Å². The first-order valence-corrected chi connectivity index (χ1v) is 6.65. The number of hydrogen-bond donors (Lipinski definition) is 1. The van der Waals surface area contributed by atoms with Gasteiger partial charge in [0.15, 0.2) is 0 Å². The largest absolute Gasteiger partial charge is 0.316 e. The summed E-state index contributed by atoms with van der Waals surface area (Å²) < 4.78 is 0.396. The molecule has 0 aliphatic heterocycles. The highest BCUT2D eigenvalue weighted by Gasteiger charge is 2.14. The third-order valence-electron chi connectivity index (χ3n) is 2.22.